The van der Waals surface area contributed by atoms with Gasteiger partial charge in [-0.1, -0.05) is 31.2 Å². The summed E-state index contributed by atoms with van der Waals surface area (Å²) in [4.78, 5) is 14.6. The smallest absolute Gasteiger partial charge is 0.261 e. The largest absolute Gasteiger partial charge is 0.481 e. The van der Waals surface area contributed by atoms with E-state index in [4.69, 9.17) is 4.74 Å². The second kappa shape index (κ2) is 9.85. The van der Waals surface area contributed by atoms with Crippen molar-refractivity contribution in [2.45, 2.75) is 39.7 Å². The van der Waals surface area contributed by atoms with E-state index in [1.54, 1.807) is 0 Å². The molecular formula is C22H30N2O2. The third-order valence-corrected chi connectivity index (χ3v) is 4.59. The number of benzene rings is 2. The van der Waals surface area contributed by atoms with E-state index in [1.807, 2.05) is 50.2 Å². The Labute approximate surface area is 157 Å². The van der Waals surface area contributed by atoms with Crippen molar-refractivity contribution in [3.05, 3.63) is 59.7 Å². The van der Waals surface area contributed by atoms with Crippen molar-refractivity contribution in [1.29, 1.82) is 0 Å². The Morgan fingerprint density at radius 2 is 1.85 bits per heavy atom. The number of hydrogen-bond donors (Lipinski definition) is 1. The summed E-state index contributed by atoms with van der Waals surface area (Å²) in [5.74, 6) is 0.701. The van der Waals surface area contributed by atoms with Crippen molar-refractivity contribution in [3.8, 4) is 5.75 Å². The van der Waals surface area contributed by atoms with Crippen molar-refractivity contribution < 1.29 is 9.53 Å². The number of rotatable bonds is 9. The second-order valence-electron chi connectivity index (χ2n) is 6.66. The Morgan fingerprint density at radius 1 is 1.12 bits per heavy atom. The number of carbonyl (C=O) groups is 1. The van der Waals surface area contributed by atoms with Gasteiger partial charge in [0.1, 0.15) is 5.75 Å². The van der Waals surface area contributed by atoms with E-state index >= 15 is 0 Å². The molecule has 140 valence electrons. The second-order valence-corrected chi connectivity index (χ2v) is 6.66. The molecule has 0 unspecified atom stereocenters. The molecule has 2 aromatic rings. The molecule has 4 heteroatoms. The summed E-state index contributed by atoms with van der Waals surface area (Å²) in [5.41, 5.74) is 3.57. The minimum atomic E-state index is -0.455. The number of amides is 1. The maximum atomic E-state index is 12.4. The van der Waals surface area contributed by atoms with E-state index in [2.05, 4.69) is 36.3 Å². The molecular weight excluding hydrogens is 324 g/mol. The van der Waals surface area contributed by atoms with E-state index in [0.29, 0.717) is 13.0 Å². The van der Waals surface area contributed by atoms with Crippen molar-refractivity contribution in [2.24, 2.45) is 0 Å². The zero-order valence-corrected chi connectivity index (χ0v) is 16.3. The Hall–Kier alpha value is -2.49. The van der Waals surface area contributed by atoms with Gasteiger partial charge in [0.15, 0.2) is 6.10 Å². The highest BCUT2D eigenvalue weighted by molar-refractivity contribution is 5.81. The highest BCUT2D eigenvalue weighted by atomic mass is 16.5. The summed E-state index contributed by atoms with van der Waals surface area (Å²) in [6, 6.07) is 16.2. The molecule has 0 aliphatic heterocycles. The number of hydrogen-bond acceptors (Lipinski definition) is 3. The molecule has 0 saturated carbocycles. The average molecular weight is 354 g/mol. The maximum absolute atomic E-state index is 12.4. The van der Waals surface area contributed by atoms with Crippen LogP contribution in [0.1, 0.15) is 30.9 Å². The molecule has 0 aromatic heterocycles. The van der Waals surface area contributed by atoms with Gasteiger partial charge in [-0.3, -0.25) is 4.79 Å². The molecule has 1 N–H and O–H groups in total. The standard InChI is InChI=1S/C22H30N2O2/c1-5-21(26-20-13-12-17(2)18(3)16-20)22(25)23-14-9-15-24(4)19-10-7-6-8-11-19/h6-8,10-13,16,21H,5,9,14-15H2,1-4H3,(H,23,25)/t21-/m1/s1. The predicted octanol–water partition coefficient (Wildman–Crippen LogP) is 4.10. The number of ether oxygens (including phenoxy) is 1. The van der Waals surface area contributed by atoms with Gasteiger partial charge in [-0.25, -0.2) is 0 Å². The fourth-order valence-corrected chi connectivity index (χ4v) is 2.73. The van der Waals surface area contributed by atoms with E-state index in [-0.39, 0.29) is 5.91 Å². The quantitative estimate of drug-likeness (QED) is 0.689. The number of nitrogens with zero attached hydrogens (tertiary/aromatic N) is 1. The molecule has 2 rings (SSSR count). The molecule has 0 fully saturated rings. The fourth-order valence-electron chi connectivity index (χ4n) is 2.73. The molecule has 2 aromatic carbocycles. The average Bonchev–Trinajstić information content (AvgIpc) is 2.66. The lowest BCUT2D eigenvalue weighted by Crippen LogP contribution is -2.39. The maximum Gasteiger partial charge on any atom is 0.261 e. The van der Waals surface area contributed by atoms with Gasteiger partial charge in [0.25, 0.3) is 5.91 Å². The minimum absolute atomic E-state index is 0.0481. The van der Waals surface area contributed by atoms with E-state index in [9.17, 15) is 4.79 Å². The highest BCUT2D eigenvalue weighted by Crippen LogP contribution is 2.18. The van der Waals surface area contributed by atoms with Crippen LogP contribution < -0.4 is 15.0 Å². The van der Waals surface area contributed by atoms with Crippen LogP contribution in [-0.2, 0) is 4.79 Å². The number of para-hydroxylation sites is 1. The summed E-state index contributed by atoms with van der Waals surface area (Å²) in [7, 11) is 2.06. The lowest BCUT2D eigenvalue weighted by atomic mass is 10.1. The zero-order valence-electron chi connectivity index (χ0n) is 16.3. The fraction of sp³-hybridized carbons (Fsp3) is 0.409. The summed E-state index contributed by atoms with van der Waals surface area (Å²) in [6.07, 6.45) is 1.07. The summed E-state index contributed by atoms with van der Waals surface area (Å²) < 4.78 is 5.89. The van der Waals surface area contributed by atoms with E-state index in [0.717, 1.165) is 18.7 Å². The van der Waals surface area contributed by atoms with E-state index in [1.165, 1.54) is 16.8 Å². The third kappa shape index (κ3) is 5.80. The van der Waals surface area contributed by atoms with Crippen LogP contribution in [0.3, 0.4) is 0 Å². The first-order valence-electron chi connectivity index (χ1n) is 9.29. The van der Waals surface area contributed by atoms with Gasteiger partial charge < -0.3 is 15.0 Å². The van der Waals surface area contributed by atoms with Gasteiger partial charge in [-0.2, -0.15) is 0 Å². The van der Waals surface area contributed by atoms with Crippen molar-refractivity contribution >= 4 is 11.6 Å². The normalized spacial score (nSPS) is 11.7. The van der Waals surface area contributed by atoms with Crippen LogP contribution in [0.2, 0.25) is 0 Å². The van der Waals surface area contributed by atoms with Gasteiger partial charge >= 0.3 is 0 Å². The topological polar surface area (TPSA) is 41.6 Å². The molecule has 1 atom stereocenters. The van der Waals surface area contributed by atoms with Crippen LogP contribution in [0.4, 0.5) is 5.69 Å². The van der Waals surface area contributed by atoms with Gasteiger partial charge in [0.2, 0.25) is 0 Å². The molecule has 0 heterocycles. The van der Waals surface area contributed by atoms with Crippen LogP contribution in [0.25, 0.3) is 0 Å². The molecule has 0 spiro atoms. The van der Waals surface area contributed by atoms with Crippen LogP contribution in [0.5, 0.6) is 5.75 Å². The van der Waals surface area contributed by atoms with Crippen LogP contribution >= 0.6 is 0 Å². The number of aryl methyl sites for hydroxylation is 2. The third-order valence-electron chi connectivity index (χ3n) is 4.59. The van der Waals surface area contributed by atoms with Crippen LogP contribution in [0.15, 0.2) is 48.5 Å². The number of nitrogens with one attached hydrogen (secondary N) is 1. The summed E-state index contributed by atoms with van der Waals surface area (Å²) >= 11 is 0. The van der Waals surface area contributed by atoms with Gasteiger partial charge in [0.05, 0.1) is 0 Å². The highest BCUT2D eigenvalue weighted by Gasteiger charge is 2.18. The minimum Gasteiger partial charge on any atom is -0.481 e. The molecule has 26 heavy (non-hydrogen) atoms. The molecule has 0 aliphatic carbocycles. The lowest BCUT2D eigenvalue weighted by Gasteiger charge is -2.20. The lowest BCUT2D eigenvalue weighted by molar-refractivity contribution is -0.128. The first-order valence-corrected chi connectivity index (χ1v) is 9.29. The molecule has 0 saturated heterocycles. The predicted molar refractivity (Wildman–Crippen MR) is 108 cm³/mol. The zero-order chi connectivity index (χ0) is 18.9. The Bertz CT molecular complexity index is 701. The molecule has 1 amide bonds. The van der Waals surface area contributed by atoms with Gasteiger partial charge in [0, 0.05) is 25.8 Å². The van der Waals surface area contributed by atoms with Crippen LogP contribution in [0, 0.1) is 13.8 Å². The summed E-state index contributed by atoms with van der Waals surface area (Å²) in [6.45, 7) is 7.61. The van der Waals surface area contributed by atoms with Gasteiger partial charge in [-0.05, 0) is 62.1 Å². The Balaban J connectivity index is 1.77. The van der Waals surface area contributed by atoms with Gasteiger partial charge in [-0.15, -0.1) is 0 Å². The van der Waals surface area contributed by atoms with Crippen molar-refractivity contribution in [3.63, 3.8) is 0 Å². The summed E-state index contributed by atoms with van der Waals surface area (Å²) in [5, 5.41) is 3.00. The Kier molecular flexibility index (Phi) is 7.52. The molecule has 0 radical (unpaired) electrons. The monoisotopic (exact) mass is 354 g/mol. The molecule has 4 nitrogen and oxygen atoms in total. The van der Waals surface area contributed by atoms with Crippen LogP contribution in [-0.4, -0.2) is 32.1 Å². The van der Waals surface area contributed by atoms with Crippen molar-refractivity contribution in [2.75, 3.05) is 25.0 Å². The molecule has 0 bridgehead atoms. The Morgan fingerprint density at radius 3 is 2.50 bits per heavy atom. The molecule has 0 aliphatic rings. The first kappa shape index (κ1) is 19.8. The number of anilines is 1. The first-order chi connectivity index (χ1) is 12.5. The number of carbonyl (C=O) groups excluding carboxylic acids is 1. The van der Waals surface area contributed by atoms with Crippen molar-refractivity contribution in [1.82, 2.24) is 5.32 Å². The van der Waals surface area contributed by atoms with E-state index < -0.39 is 6.10 Å². The SMILES string of the molecule is CC[C@@H](Oc1ccc(C)c(C)c1)C(=O)NCCCN(C)c1ccccc1.